The number of para-hydroxylation sites is 2. The third kappa shape index (κ3) is 8.74. The molecule has 0 fully saturated rings. The Hall–Kier alpha value is -4.60. The SMILES string of the molecule is O=C(Cc1ccccc1)NNC(=S)Nc1ccccc1.S=c1[nH]nc(Cc2ccccc2)n1-c1ccccc1. The van der Waals surface area contributed by atoms with Gasteiger partial charge < -0.3 is 5.32 Å². The molecule has 7 nitrogen and oxygen atoms in total. The van der Waals surface area contributed by atoms with E-state index in [2.05, 4.69) is 38.5 Å². The summed E-state index contributed by atoms with van der Waals surface area (Å²) in [5, 5.41) is 10.5. The zero-order valence-corrected chi connectivity index (χ0v) is 22.7. The molecule has 0 aliphatic carbocycles. The second-order valence-electron chi connectivity index (χ2n) is 8.43. The Morgan fingerprint density at radius 1 is 0.744 bits per heavy atom. The predicted molar refractivity (Wildman–Crippen MR) is 162 cm³/mol. The Morgan fingerprint density at radius 3 is 1.90 bits per heavy atom. The lowest BCUT2D eigenvalue weighted by Crippen LogP contribution is -2.44. The number of rotatable bonds is 6. The lowest BCUT2D eigenvalue weighted by atomic mass is 10.1. The predicted octanol–water partition coefficient (Wildman–Crippen LogP) is 5.77. The van der Waals surface area contributed by atoms with Crippen molar-refractivity contribution in [2.75, 3.05) is 5.32 Å². The zero-order chi connectivity index (χ0) is 27.3. The highest BCUT2D eigenvalue weighted by Crippen LogP contribution is 2.14. The summed E-state index contributed by atoms with van der Waals surface area (Å²) in [7, 11) is 0. The molecule has 5 rings (SSSR count). The second kappa shape index (κ2) is 14.4. The molecule has 0 atom stereocenters. The molecule has 4 N–H and O–H groups in total. The van der Waals surface area contributed by atoms with Crippen LogP contribution in [-0.2, 0) is 17.6 Å². The molecule has 5 aromatic rings. The van der Waals surface area contributed by atoms with Gasteiger partial charge in [-0.3, -0.25) is 25.3 Å². The van der Waals surface area contributed by atoms with Crippen molar-refractivity contribution >= 4 is 41.1 Å². The Morgan fingerprint density at radius 2 is 1.28 bits per heavy atom. The number of H-pyrrole nitrogens is 1. The van der Waals surface area contributed by atoms with Crippen LogP contribution in [0.2, 0.25) is 0 Å². The first kappa shape index (κ1) is 27.4. The number of carbonyl (C=O) groups is 1. The molecule has 0 radical (unpaired) electrons. The van der Waals surface area contributed by atoms with Gasteiger partial charge in [0.2, 0.25) is 5.91 Å². The highest BCUT2D eigenvalue weighted by molar-refractivity contribution is 7.80. The number of benzene rings is 4. The van der Waals surface area contributed by atoms with Crippen LogP contribution in [-0.4, -0.2) is 25.8 Å². The monoisotopic (exact) mass is 552 g/mol. The van der Waals surface area contributed by atoms with E-state index < -0.39 is 0 Å². The fourth-order valence-corrected chi connectivity index (χ4v) is 4.13. The van der Waals surface area contributed by atoms with Crippen molar-refractivity contribution in [1.82, 2.24) is 25.6 Å². The van der Waals surface area contributed by atoms with Crippen molar-refractivity contribution in [1.29, 1.82) is 0 Å². The lowest BCUT2D eigenvalue weighted by molar-refractivity contribution is -0.120. The van der Waals surface area contributed by atoms with Crippen LogP contribution in [0.25, 0.3) is 5.69 Å². The van der Waals surface area contributed by atoms with Gasteiger partial charge in [-0.25, -0.2) is 0 Å². The Bertz CT molecular complexity index is 1470. The molecule has 0 spiro atoms. The molecule has 1 aromatic heterocycles. The molecule has 4 aromatic carbocycles. The summed E-state index contributed by atoms with van der Waals surface area (Å²) in [5.74, 6) is 0.774. The number of aromatic amines is 1. The fraction of sp³-hybridized carbons (Fsp3) is 0.0667. The normalized spacial score (nSPS) is 10.1. The maximum Gasteiger partial charge on any atom is 0.242 e. The maximum absolute atomic E-state index is 11.7. The minimum atomic E-state index is -0.145. The maximum atomic E-state index is 11.7. The summed E-state index contributed by atoms with van der Waals surface area (Å²) < 4.78 is 2.60. The number of thiocarbonyl (C=S) groups is 1. The van der Waals surface area contributed by atoms with Crippen LogP contribution in [0.1, 0.15) is 17.0 Å². The molecule has 1 heterocycles. The van der Waals surface area contributed by atoms with E-state index in [9.17, 15) is 4.79 Å². The fourth-order valence-electron chi connectivity index (χ4n) is 3.71. The summed E-state index contributed by atoms with van der Waals surface area (Å²) in [6.07, 6.45) is 1.06. The zero-order valence-electron chi connectivity index (χ0n) is 21.1. The standard InChI is InChI=1S/C15H15N3OS.C15H13N3S/c19-14(11-12-7-3-1-4-8-12)17-18-15(20)16-13-9-5-2-6-10-13;19-15-17-16-14(11-12-7-3-1-4-8-12)18(15)13-9-5-2-6-10-13/h1-10H,11H2,(H,17,19)(H2,16,18,20);1-10H,11H2,(H,17,19). The van der Waals surface area contributed by atoms with Gasteiger partial charge >= 0.3 is 0 Å². The van der Waals surface area contributed by atoms with Gasteiger partial charge in [-0.15, -0.1) is 0 Å². The van der Waals surface area contributed by atoms with Crippen LogP contribution in [0.3, 0.4) is 0 Å². The molecule has 0 aliphatic rings. The first-order chi connectivity index (χ1) is 19.1. The van der Waals surface area contributed by atoms with Crippen LogP contribution < -0.4 is 16.2 Å². The number of hydrogen-bond acceptors (Lipinski definition) is 4. The molecule has 0 saturated heterocycles. The summed E-state index contributed by atoms with van der Waals surface area (Å²) in [6.45, 7) is 0. The average Bonchev–Trinajstić information content (AvgIpc) is 3.34. The van der Waals surface area contributed by atoms with E-state index in [1.807, 2.05) is 114 Å². The third-order valence-electron chi connectivity index (χ3n) is 5.52. The van der Waals surface area contributed by atoms with E-state index in [-0.39, 0.29) is 5.91 Å². The van der Waals surface area contributed by atoms with E-state index in [4.69, 9.17) is 24.4 Å². The van der Waals surface area contributed by atoms with E-state index in [1.165, 1.54) is 5.56 Å². The molecule has 0 saturated carbocycles. The lowest BCUT2D eigenvalue weighted by Gasteiger charge is -2.11. The summed E-state index contributed by atoms with van der Waals surface area (Å²) in [6, 6.07) is 39.3. The van der Waals surface area contributed by atoms with E-state index in [1.54, 1.807) is 0 Å². The van der Waals surface area contributed by atoms with Crippen molar-refractivity contribution in [2.45, 2.75) is 12.8 Å². The number of nitrogens with one attached hydrogen (secondary N) is 4. The van der Waals surface area contributed by atoms with Gasteiger partial charge in [0.05, 0.1) is 6.42 Å². The number of hydrazine groups is 1. The Balaban J connectivity index is 0.000000181. The van der Waals surface area contributed by atoms with Crippen molar-refractivity contribution in [3.05, 3.63) is 143 Å². The number of aromatic nitrogens is 3. The molecular formula is C30H28N6OS2. The minimum absolute atomic E-state index is 0.145. The van der Waals surface area contributed by atoms with Gasteiger partial charge in [0.25, 0.3) is 0 Å². The van der Waals surface area contributed by atoms with E-state index >= 15 is 0 Å². The molecular weight excluding hydrogens is 525 g/mol. The summed E-state index contributed by atoms with van der Waals surface area (Å²) in [5.41, 5.74) is 9.30. The van der Waals surface area contributed by atoms with Crippen LogP contribution in [0.5, 0.6) is 0 Å². The van der Waals surface area contributed by atoms with Crippen LogP contribution in [0.15, 0.2) is 121 Å². The second-order valence-corrected chi connectivity index (χ2v) is 9.23. The molecule has 0 unspecified atom stereocenters. The van der Waals surface area contributed by atoms with Crippen molar-refractivity contribution in [3.63, 3.8) is 0 Å². The van der Waals surface area contributed by atoms with Crippen molar-refractivity contribution in [2.24, 2.45) is 0 Å². The van der Waals surface area contributed by atoms with E-state index in [0.717, 1.165) is 29.2 Å². The Labute approximate surface area is 237 Å². The highest BCUT2D eigenvalue weighted by Gasteiger charge is 2.08. The number of nitrogens with zero attached hydrogens (tertiary/aromatic N) is 2. The topological polar surface area (TPSA) is 86.8 Å². The van der Waals surface area contributed by atoms with Gasteiger partial charge in [0, 0.05) is 17.8 Å². The molecule has 9 heteroatoms. The number of hydrogen-bond donors (Lipinski definition) is 4. The van der Waals surface area contributed by atoms with Crippen molar-refractivity contribution < 1.29 is 4.79 Å². The summed E-state index contributed by atoms with van der Waals surface area (Å²) >= 11 is 10.4. The number of carbonyl (C=O) groups excluding carboxylic acids is 1. The molecule has 0 aliphatic heterocycles. The van der Waals surface area contributed by atoms with E-state index in [0.29, 0.717) is 16.3 Å². The van der Waals surface area contributed by atoms with Crippen molar-refractivity contribution in [3.8, 4) is 5.69 Å². The smallest absolute Gasteiger partial charge is 0.242 e. The minimum Gasteiger partial charge on any atom is -0.331 e. The molecule has 196 valence electrons. The van der Waals surface area contributed by atoms with Gasteiger partial charge in [-0.1, -0.05) is 97.1 Å². The first-order valence-corrected chi connectivity index (χ1v) is 13.1. The Kier molecular flexibility index (Phi) is 10.1. The van der Waals surface area contributed by atoms with Crippen LogP contribution in [0, 0.1) is 4.77 Å². The largest absolute Gasteiger partial charge is 0.331 e. The first-order valence-electron chi connectivity index (χ1n) is 12.3. The quantitative estimate of drug-likeness (QED) is 0.158. The molecule has 0 bridgehead atoms. The van der Waals surface area contributed by atoms with Crippen LogP contribution in [0.4, 0.5) is 5.69 Å². The molecule has 1 amide bonds. The number of anilines is 1. The van der Waals surface area contributed by atoms with Gasteiger partial charge in [-0.05, 0) is 59.8 Å². The third-order valence-corrected chi connectivity index (χ3v) is 5.99. The summed E-state index contributed by atoms with van der Waals surface area (Å²) in [4.78, 5) is 11.7. The highest BCUT2D eigenvalue weighted by atomic mass is 32.1. The van der Waals surface area contributed by atoms with Crippen LogP contribution >= 0.6 is 24.4 Å². The average molecular weight is 553 g/mol. The van der Waals surface area contributed by atoms with Gasteiger partial charge in [0.1, 0.15) is 5.82 Å². The van der Waals surface area contributed by atoms with Gasteiger partial charge in [0.15, 0.2) is 9.88 Å². The van der Waals surface area contributed by atoms with Gasteiger partial charge in [-0.2, -0.15) is 5.10 Å². The number of amides is 1. The molecule has 39 heavy (non-hydrogen) atoms.